The molecule has 0 radical (unpaired) electrons. The van der Waals surface area contributed by atoms with Crippen molar-refractivity contribution in [3.05, 3.63) is 53.7 Å². The summed E-state index contributed by atoms with van der Waals surface area (Å²) in [5.41, 5.74) is 2.50. The SMILES string of the molecule is CCNc1cc(C(=O)Nc2cccc(C)c2)ccn1. The molecule has 2 aromatic rings. The number of nitrogens with zero attached hydrogens (tertiary/aromatic N) is 1. The van der Waals surface area contributed by atoms with Crippen LogP contribution in [0.15, 0.2) is 42.6 Å². The maximum absolute atomic E-state index is 12.1. The number of anilines is 2. The molecule has 4 nitrogen and oxygen atoms in total. The van der Waals surface area contributed by atoms with Crippen molar-refractivity contribution in [1.29, 1.82) is 0 Å². The van der Waals surface area contributed by atoms with Gasteiger partial charge in [0, 0.05) is 24.0 Å². The zero-order chi connectivity index (χ0) is 13.7. The molecule has 0 saturated heterocycles. The van der Waals surface area contributed by atoms with E-state index in [0.29, 0.717) is 11.4 Å². The molecule has 4 heteroatoms. The fourth-order valence-electron chi connectivity index (χ4n) is 1.78. The van der Waals surface area contributed by atoms with E-state index in [2.05, 4.69) is 15.6 Å². The van der Waals surface area contributed by atoms with Gasteiger partial charge in [-0.2, -0.15) is 0 Å². The topological polar surface area (TPSA) is 54.0 Å². The highest BCUT2D eigenvalue weighted by molar-refractivity contribution is 6.04. The zero-order valence-electron chi connectivity index (χ0n) is 11.1. The number of carbonyl (C=O) groups is 1. The number of aromatic nitrogens is 1. The molecule has 2 rings (SSSR count). The minimum atomic E-state index is -0.132. The van der Waals surface area contributed by atoms with Crippen molar-refractivity contribution in [3.63, 3.8) is 0 Å². The van der Waals surface area contributed by atoms with E-state index in [9.17, 15) is 4.79 Å². The lowest BCUT2D eigenvalue weighted by atomic mass is 10.2. The molecule has 0 spiro atoms. The number of amides is 1. The molecule has 1 heterocycles. The first kappa shape index (κ1) is 13.1. The van der Waals surface area contributed by atoms with Crippen LogP contribution in [0.1, 0.15) is 22.8 Å². The average molecular weight is 255 g/mol. The molecule has 19 heavy (non-hydrogen) atoms. The molecule has 0 aliphatic rings. The summed E-state index contributed by atoms with van der Waals surface area (Å²) in [6, 6.07) is 11.2. The third kappa shape index (κ3) is 3.55. The van der Waals surface area contributed by atoms with E-state index in [-0.39, 0.29) is 5.91 Å². The second-order valence-corrected chi connectivity index (χ2v) is 4.28. The lowest BCUT2D eigenvalue weighted by molar-refractivity contribution is 0.102. The molecule has 0 atom stereocenters. The second kappa shape index (κ2) is 6.00. The number of benzene rings is 1. The molecule has 0 aliphatic heterocycles. The molecule has 1 aromatic carbocycles. The Hall–Kier alpha value is -2.36. The van der Waals surface area contributed by atoms with Gasteiger partial charge in [0.1, 0.15) is 5.82 Å². The Kier molecular flexibility index (Phi) is 4.13. The summed E-state index contributed by atoms with van der Waals surface area (Å²) in [7, 11) is 0. The minimum absolute atomic E-state index is 0.132. The largest absolute Gasteiger partial charge is 0.370 e. The predicted molar refractivity (Wildman–Crippen MR) is 77.5 cm³/mol. The Morgan fingerprint density at radius 3 is 2.84 bits per heavy atom. The average Bonchev–Trinajstić information content (AvgIpc) is 2.39. The van der Waals surface area contributed by atoms with Gasteiger partial charge in [-0.25, -0.2) is 4.98 Å². The third-order valence-electron chi connectivity index (χ3n) is 2.66. The smallest absolute Gasteiger partial charge is 0.255 e. The first-order chi connectivity index (χ1) is 9.19. The van der Waals surface area contributed by atoms with Gasteiger partial charge in [-0.3, -0.25) is 4.79 Å². The van der Waals surface area contributed by atoms with Crippen LogP contribution in [-0.4, -0.2) is 17.4 Å². The number of aryl methyl sites for hydroxylation is 1. The van der Waals surface area contributed by atoms with E-state index < -0.39 is 0 Å². The summed E-state index contributed by atoms with van der Waals surface area (Å²) in [6.45, 7) is 4.75. The van der Waals surface area contributed by atoms with Gasteiger partial charge in [0.25, 0.3) is 5.91 Å². The lowest BCUT2D eigenvalue weighted by Crippen LogP contribution is -2.12. The van der Waals surface area contributed by atoms with Gasteiger partial charge in [0.05, 0.1) is 0 Å². The Morgan fingerprint density at radius 1 is 1.26 bits per heavy atom. The molecular formula is C15H17N3O. The van der Waals surface area contributed by atoms with Crippen molar-refractivity contribution in [2.75, 3.05) is 17.2 Å². The van der Waals surface area contributed by atoms with Crippen molar-refractivity contribution in [3.8, 4) is 0 Å². The monoisotopic (exact) mass is 255 g/mol. The fourth-order valence-corrected chi connectivity index (χ4v) is 1.78. The molecule has 2 N–H and O–H groups in total. The van der Waals surface area contributed by atoms with Crippen molar-refractivity contribution in [2.24, 2.45) is 0 Å². The van der Waals surface area contributed by atoms with Crippen molar-refractivity contribution in [2.45, 2.75) is 13.8 Å². The van der Waals surface area contributed by atoms with Crippen molar-refractivity contribution in [1.82, 2.24) is 4.98 Å². The van der Waals surface area contributed by atoms with Crippen molar-refractivity contribution >= 4 is 17.4 Å². The fraction of sp³-hybridized carbons (Fsp3) is 0.200. The Bertz CT molecular complexity index is 581. The number of carbonyl (C=O) groups excluding carboxylic acids is 1. The summed E-state index contributed by atoms with van der Waals surface area (Å²) in [6.07, 6.45) is 1.63. The van der Waals surface area contributed by atoms with E-state index >= 15 is 0 Å². The summed E-state index contributed by atoms with van der Waals surface area (Å²) >= 11 is 0. The Morgan fingerprint density at radius 2 is 2.11 bits per heavy atom. The van der Waals surface area contributed by atoms with Gasteiger partial charge in [-0.15, -0.1) is 0 Å². The second-order valence-electron chi connectivity index (χ2n) is 4.28. The number of hydrogen-bond donors (Lipinski definition) is 2. The van der Waals surface area contributed by atoms with E-state index in [0.717, 1.165) is 17.8 Å². The summed E-state index contributed by atoms with van der Waals surface area (Å²) in [4.78, 5) is 16.3. The van der Waals surface area contributed by atoms with E-state index in [1.807, 2.05) is 38.1 Å². The lowest BCUT2D eigenvalue weighted by Gasteiger charge is -2.07. The molecule has 1 amide bonds. The van der Waals surface area contributed by atoms with Crippen LogP contribution in [0, 0.1) is 6.92 Å². The highest BCUT2D eigenvalue weighted by Gasteiger charge is 2.07. The van der Waals surface area contributed by atoms with Crippen LogP contribution in [0.25, 0.3) is 0 Å². The van der Waals surface area contributed by atoms with Crippen LogP contribution in [-0.2, 0) is 0 Å². The van der Waals surface area contributed by atoms with Crippen LogP contribution in [0.5, 0.6) is 0 Å². The van der Waals surface area contributed by atoms with Gasteiger partial charge < -0.3 is 10.6 Å². The standard InChI is InChI=1S/C15H17N3O/c1-3-16-14-10-12(7-8-17-14)15(19)18-13-6-4-5-11(2)9-13/h4-10H,3H2,1-2H3,(H,16,17)(H,18,19). The van der Waals surface area contributed by atoms with Crippen LogP contribution in [0.4, 0.5) is 11.5 Å². The van der Waals surface area contributed by atoms with E-state index in [1.54, 1.807) is 18.3 Å². The van der Waals surface area contributed by atoms with Gasteiger partial charge in [0.15, 0.2) is 0 Å². The molecule has 1 aromatic heterocycles. The minimum Gasteiger partial charge on any atom is -0.370 e. The highest BCUT2D eigenvalue weighted by Crippen LogP contribution is 2.13. The molecular weight excluding hydrogens is 238 g/mol. The van der Waals surface area contributed by atoms with Crippen LogP contribution in [0.2, 0.25) is 0 Å². The van der Waals surface area contributed by atoms with Crippen LogP contribution < -0.4 is 10.6 Å². The molecule has 0 fully saturated rings. The van der Waals surface area contributed by atoms with Gasteiger partial charge >= 0.3 is 0 Å². The van der Waals surface area contributed by atoms with Gasteiger partial charge in [0.2, 0.25) is 0 Å². The normalized spacial score (nSPS) is 10.0. The molecule has 0 unspecified atom stereocenters. The van der Waals surface area contributed by atoms with Crippen LogP contribution >= 0.6 is 0 Å². The highest BCUT2D eigenvalue weighted by atomic mass is 16.1. The van der Waals surface area contributed by atoms with E-state index in [1.165, 1.54) is 0 Å². The van der Waals surface area contributed by atoms with E-state index in [4.69, 9.17) is 0 Å². The first-order valence-corrected chi connectivity index (χ1v) is 6.27. The maximum Gasteiger partial charge on any atom is 0.255 e. The van der Waals surface area contributed by atoms with Gasteiger partial charge in [-0.1, -0.05) is 12.1 Å². The van der Waals surface area contributed by atoms with Crippen LogP contribution in [0.3, 0.4) is 0 Å². The summed E-state index contributed by atoms with van der Waals surface area (Å²) < 4.78 is 0. The Labute approximate surface area is 112 Å². The summed E-state index contributed by atoms with van der Waals surface area (Å²) in [5, 5.41) is 5.96. The molecule has 0 bridgehead atoms. The molecule has 0 aliphatic carbocycles. The predicted octanol–water partition coefficient (Wildman–Crippen LogP) is 3.07. The van der Waals surface area contributed by atoms with Crippen molar-refractivity contribution < 1.29 is 4.79 Å². The number of rotatable bonds is 4. The molecule has 98 valence electrons. The third-order valence-corrected chi connectivity index (χ3v) is 2.66. The maximum atomic E-state index is 12.1. The first-order valence-electron chi connectivity index (χ1n) is 6.27. The number of hydrogen-bond acceptors (Lipinski definition) is 3. The molecule has 0 saturated carbocycles. The van der Waals surface area contributed by atoms with Gasteiger partial charge in [-0.05, 0) is 43.7 Å². The quantitative estimate of drug-likeness (QED) is 0.882. The number of nitrogens with one attached hydrogen (secondary N) is 2. The summed E-state index contributed by atoms with van der Waals surface area (Å²) in [5.74, 6) is 0.576. The Balaban J connectivity index is 2.13. The zero-order valence-corrected chi connectivity index (χ0v) is 11.1. The number of pyridine rings is 1.